The van der Waals surface area contributed by atoms with E-state index in [-0.39, 0.29) is 6.61 Å². The first kappa shape index (κ1) is 11.0. The topological polar surface area (TPSA) is 46.6 Å². The van der Waals surface area contributed by atoms with Crippen LogP contribution in [0.3, 0.4) is 0 Å². The van der Waals surface area contributed by atoms with Crippen molar-refractivity contribution in [1.82, 2.24) is 4.08 Å². The van der Waals surface area contributed by atoms with Gasteiger partial charge in [-0.15, -0.1) is 4.08 Å². The predicted molar refractivity (Wildman–Crippen MR) is 55.3 cm³/mol. The predicted octanol–water partition coefficient (Wildman–Crippen LogP) is 1.78. The van der Waals surface area contributed by atoms with Gasteiger partial charge in [0.25, 0.3) is 0 Å². The Labute approximate surface area is 89.3 Å². The molecule has 0 N–H and O–H groups in total. The van der Waals surface area contributed by atoms with Gasteiger partial charge in [0, 0.05) is 0 Å². The van der Waals surface area contributed by atoms with Crippen molar-refractivity contribution in [2.45, 2.75) is 6.04 Å². The second-order valence-electron chi connectivity index (χ2n) is 3.07. The van der Waals surface area contributed by atoms with Crippen LogP contribution in [0.2, 0.25) is 0 Å². The van der Waals surface area contributed by atoms with Gasteiger partial charge in [0.1, 0.15) is 8.96 Å². The van der Waals surface area contributed by atoms with Gasteiger partial charge in [-0.2, -0.15) is 8.42 Å². The van der Waals surface area contributed by atoms with E-state index in [0.29, 0.717) is 0 Å². The highest BCUT2D eigenvalue weighted by molar-refractivity contribution is 7.87. The van der Waals surface area contributed by atoms with E-state index < -0.39 is 25.4 Å². The minimum absolute atomic E-state index is 0.200. The van der Waals surface area contributed by atoms with Gasteiger partial charge < -0.3 is 4.52 Å². The summed E-state index contributed by atoms with van der Waals surface area (Å²) in [7, 11) is -5.15. The number of hydrogen-bond donors (Lipinski definition) is 0. The molecule has 1 heterocycles. The van der Waals surface area contributed by atoms with Gasteiger partial charge in [-0.05, 0) is 5.56 Å². The molecule has 1 aliphatic heterocycles. The molecule has 2 rings (SSSR count). The lowest BCUT2D eigenvalue weighted by Crippen LogP contribution is -2.22. The average Bonchev–Trinajstić information content (AvgIpc) is 2.67. The van der Waals surface area contributed by atoms with Gasteiger partial charge in [0.2, 0.25) is 0 Å². The first-order valence-corrected chi connectivity index (χ1v) is 6.45. The van der Waals surface area contributed by atoms with E-state index in [0.717, 1.165) is 9.64 Å². The molecule has 0 bridgehead atoms. The molecule has 0 radical (unpaired) electrons. The third-order valence-electron chi connectivity index (χ3n) is 2.10. The summed E-state index contributed by atoms with van der Waals surface area (Å²) < 4.78 is 40.2. The first-order chi connectivity index (χ1) is 7.09. The van der Waals surface area contributed by atoms with E-state index in [1.54, 1.807) is 24.3 Å². The van der Waals surface area contributed by atoms with Crippen molar-refractivity contribution >= 4 is 19.4 Å². The van der Waals surface area contributed by atoms with Crippen molar-refractivity contribution in [3.05, 3.63) is 35.9 Å². The molecular formula is C8H9FNO3PS. The standard InChI is InChI=1S/C8H9FNO3PS/c9-15(11,12)10-8(6-13-14-10)7-4-2-1-3-5-7/h1-5,8,14H,6H2. The fraction of sp³-hybridized carbons (Fsp3) is 0.250. The zero-order chi connectivity index (χ0) is 10.9. The maximum absolute atomic E-state index is 12.9. The first-order valence-electron chi connectivity index (χ1n) is 4.25. The summed E-state index contributed by atoms with van der Waals surface area (Å²) in [5.74, 6) is 0. The molecule has 82 valence electrons. The quantitative estimate of drug-likeness (QED) is 0.593. The maximum Gasteiger partial charge on any atom is 0.380 e. The molecule has 1 fully saturated rings. The SMILES string of the molecule is O=S(=O)(F)N1POCC1c1ccccc1. The summed E-state index contributed by atoms with van der Waals surface area (Å²) in [6.45, 7) is 0.200. The summed E-state index contributed by atoms with van der Waals surface area (Å²) >= 11 is 0. The number of rotatable bonds is 2. The molecule has 0 spiro atoms. The third kappa shape index (κ3) is 2.34. The Morgan fingerprint density at radius 2 is 2.07 bits per heavy atom. The van der Waals surface area contributed by atoms with Gasteiger partial charge >= 0.3 is 10.4 Å². The Morgan fingerprint density at radius 1 is 1.40 bits per heavy atom. The molecule has 0 aromatic heterocycles. The largest absolute Gasteiger partial charge is 0.380 e. The molecule has 0 aliphatic carbocycles. The molecule has 0 saturated carbocycles. The van der Waals surface area contributed by atoms with Gasteiger partial charge in [-0.1, -0.05) is 34.2 Å². The molecule has 4 nitrogen and oxygen atoms in total. The maximum atomic E-state index is 12.9. The summed E-state index contributed by atoms with van der Waals surface area (Å²) in [5.41, 5.74) is 0.740. The second kappa shape index (κ2) is 4.14. The summed E-state index contributed by atoms with van der Waals surface area (Å²) in [6.07, 6.45) is 0. The average molecular weight is 249 g/mol. The lowest BCUT2D eigenvalue weighted by atomic mass is 10.1. The molecular weight excluding hydrogens is 240 g/mol. The van der Waals surface area contributed by atoms with Gasteiger partial charge in [0.15, 0.2) is 0 Å². The van der Waals surface area contributed by atoms with Crippen LogP contribution >= 0.6 is 8.96 Å². The lowest BCUT2D eigenvalue weighted by molar-refractivity contribution is 0.347. The van der Waals surface area contributed by atoms with E-state index in [1.165, 1.54) is 0 Å². The minimum atomic E-state index is -4.68. The molecule has 2 atom stereocenters. The van der Waals surface area contributed by atoms with Gasteiger partial charge in [0.05, 0.1) is 12.6 Å². The van der Waals surface area contributed by atoms with Crippen molar-refractivity contribution < 1.29 is 16.8 Å². The van der Waals surface area contributed by atoms with Crippen molar-refractivity contribution in [2.75, 3.05) is 6.61 Å². The number of halogens is 1. The van der Waals surface area contributed by atoms with Crippen LogP contribution in [0.1, 0.15) is 11.6 Å². The monoisotopic (exact) mass is 249 g/mol. The van der Waals surface area contributed by atoms with E-state index in [2.05, 4.69) is 0 Å². The van der Waals surface area contributed by atoms with Crippen LogP contribution in [-0.4, -0.2) is 19.1 Å². The van der Waals surface area contributed by atoms with Gasteiger partial charge in [-0.25, -0.2) is 0 Å². The molecule has 1 aromatic carbocycles. The highest BCUT2D eigenvalue weighted by Crippen LogP contribution is 2.42. The van der Waals surface area contributed by atoms with E-state index >= 15 is 0 Å². The van der Waals surface area contributed by atoms with Crippen LogP contribution in [0, 0.1) is 0 Å². The van der Waals surface area contributed by atoms with Crippen molar-refractivity contribution in [1.29, 1.82) is 0 Å². The third-order valence-corrected chi connectivity index (χ3v) is 4.49. The molecule has 7 heteroatoms. The Bertz CT molecular complexity index is 438. The molecule has 1 saturated heterocycles. The smallest absolute Gasteiger partial charge is 0.343 e. The summed E-state index contributed by atoms with van der Waals surface area (Å²) in [4.78, 5) is 0. The Morgan fingerprint density at radius 3 is 2.67 bits per heavy atom. The fourth-order valence-corrected chi connectivity index (χ4v) is 3.13. The van der Waals surface area contributed by atoms with Crippen LogP contribution in [-0.2, 0) is 14.9 Å². The molecule has 1 aromatic rings. The highest BCUT2D eigenvalue weighted by Gasteiger charge is 2.36. The Kier molecular flexibility index (Phi) is 3.02. The minimum Gasteiger partial charge on any atom is -0.343 e. The summed E-state index contributed by atoms with van der Waals surface area (Å²) in [5, 5.41) is 0. The Hall–Kier alpha value is -0.550. The van der Waals surface area contributed by atoms with E-state index in [9.17, 15) is 12.3 Å². The highest BCUT2D eigenvalue weighted by atomic mass is 32.3. The zero-order valence-corrected chi connectivity index (χ0v) is 9.45. The Balaban J connectivity index is 2.30. The van der Waals surface area contributed by atoms with E-state index in [1.807, 2.05) is 6.07 Å². The lowest BCUT2D eigenvalue weighted by Gasteiger charge is -2.16. The number of nitrogens with zero attached hydrogens (tertiary/aromatic N) is 1. The van der Waals surface area contributed by atoms with Crippen LogP contribution in [0.5, 0.6) is 0 Å². The molecule has 0 amide bonds. The molecule has 15 heavy (non-hydrogen) atoms. The number of hydrogen-bond acceptors (Lipinski definition) is 3. The van der Waals surface area contributed by atoms with Crippen LogP contribution in [0.15, 0.2) is 30.3 Å². The van der Waals surface area contributed by atoms with Crippen molar-refractivity contribution in [3.63, 3.8) is 0 Å². The summed E-state index contributed by atoms with van der Waals surface area (Å²) in [6, 6.07) is 8.33. The molecule has 2 unspecified atom stereocenters. The van der Waals surface area contributed by atoms with Crippen LogP contribution in [0.4, 0.5) is 3.89 Å². The fourth-order valence-electron chi connectivity index (χ4n) is 1.41. The van der Waals surface area contributed by atoms with Crippen LogP contribution < -0.4 is 0 Å². The van der Waals surface area contributed by atoms with Crippen molar-refractivity contribution in [3.8, 4) is 0 Å². The van der Waals surface area contributed by atoms with Crippen molar-refractivity contribution in [2.24, 2.45) is 0 Å². The van der Waals surface area contributed by atoms with Gasteiger partial charge in [-0.3, -0.25) is 0 Å². The van der Waals surface area contributed by atoms with Crippen LogP contribution in [0.25, 0.3) is 0 Å². The number of benzene rings is 1. The second-order valence-corrected chi connectivity index (χ2v) is 5.56. The van der Waals surface area contributed by atoms with E-state index in [4.69, 9.17) is 4.52 Å². The zero-order valence-electron chi connectivity index (χ0n) is 7.63. The molecule has 1 aliphatic rings. The normalized spacial score (nSPS) is 24.7.